The van der Waals surface area contributed by atoms with E-state index in [4.69, 9.17) is 0 Å². The van der Waals surface area contributed by atoms with E-state index in [1.165, 1.54) is 26.5 Å². The van der Waals surface area contributed by atoms with Gasteiger partial charge in [0.05, 0.1) is 75.4 Å². The molecule has 2 atom stereocenters. The van der Waals surface area contributed by atoms with Gasteiger partial charge in [-0.3, -0.25) is 68.0 Å². The summed E-state index contributed by atoms with van der Waals surface area (Å²) in [5.74, 6) is 7.19. The van der Waals surface area contributed by atoms with Gasteiger partial charge >= 0.3 is 0 Å². The minimum atomic E-state index is -1.29. The quantitative estimate of drug-likeness (QED) is 0.0950. The summed E-state index contributed by atoms with van der Waals surface area (Å²) >= 11 is 0. The van der Waals surface area contributed by atoms with Crippen LogP contribution in [0.4, 0.5) is 27.1 Å². The number of halogens is 1. The van der Waals surface area contributed by atoms with Gasteiger partial charge in [-0.1, -0.05) is 23.7 Å². The van der Waals surface area contributed by atoms with Crippen molar-refractivity contribution >= 4 is 75.9 Å². The predicted octanol–water partition coefficient (Wildman–Crippen LogP) is 4.75. The van der Waals surface area contributed by atoms with E-state index < -0.39 is 70.3 Å². The van der Waals surface area contributed by atoms with Gasteiger partial charge in [-0.05, 0) is 130 Å². The first-order valence-electron chi connectivity index (χ1n) is 29.1. The molecule has 12 rings (SSSR count). The Hall–Kier alpha value is -11.2. The fourth-order valence-electron chi connectivity index (χ4n) is 11.8. The highest BCUT2D eigenvalue weighted by atomic mass is 19.1. The Bertz CT molecular complexity index is 4400. The average molecular weight is 1210 g/mol. The number of carbonyl (C=O) groups excluding carboxylic acids is 9. The molecule has 0 radical (unpaired) electrons. The fraction of sp³-hybridized carbons (Fsp3) is 0.318. The number of nitriles is 2. The van der Waals surface area contributed by atoms with Gasteiger partial charge in [-0.15, -0.1) is 0 Å². The van der Waals surface area contributed by atoms with Crippen molar-refractivity contribution in [2.24, 2.45) is 11.8 Å². The number of benzene rings is 4. The van der Waals surface area contributed by atoms with E-state index in [2.05, 4.69) is 72.2 Å². The average Bonchev–Trinajstić information content (AvgIpc) is 1.60. The van der Waals surface area contributed by atoms with Crippen molar-refractivity contribution in [3.05, 3.63) is 152 Å². The number of piperidine rings is 2. The Morgan fingerprint density at radius 2 is 1.23 bits per heavy atom. The largest absolute Gasteiger partial charge is 0.369 e. The molecule has 24 heteroatoms. The fourth-order valence-corrected chi connectivity index (χ4v) is 11.8. The number of hydrogen-bond acceptors (Lipinski definition) is 15. The highest BCUT2D eigenvalue weighted by Crippen LogP contribution is 2.37. The minimum absolute atomic E-state index is 0.0257. The Morgan fingerprint density at radius 3 is 1.83 bits per heavy atom. The maximum absolute atomic E-state index is 15.5. The maximum atomic E-state index is 15.5. The number of amides is 9. The third-order valence-electron chi connectivity index (χ3n) is 17.4. The van der Waals surface area contributed by atoms with Crippen molar-refractivity contribution < 1.29 is 47.5 Å². The SMILES string of the molecule is Cc1cc(NC(=O)C(C)(C)n2cc(C#CC3CN(c4cc5c(cc4F)C(=O)N(C4CCC(=O)NC4=O)C5=O)C3)cn2)c(Cc2cc(NC(=O)C(C)(C)n3cc(C#CC4CN(c5ccc6c(c5)CN(C5CCC(=O)NC5=O)C6=O)C4)cn3)ccc2C#N)cc1C#N. The summed E-state index contributed by atoms with van der Waals surface area (Å²) in [6.45, 7) is 10.7. The molecule has 4 saturated heterocycles. The lowest BCUT2D eigenvalue weighted by Crippen LogP contribution is -2.54. The van der Waals surface area contributed by atoms with Gasteiger partial charge in [-0.2, -0.15) is 20.7 Å². The van der Waals surface area contributed by atoms with E-state index >= 15 is 4.39 Å². The lowest BCUT2D eigenvalue weighted by molar-refractivity contribution is -0.138. The lowest BCUT2D eigenvalue weighted by Gasteiger charge is -2.38. The number of imide groups is 3. The van der Waals surface area contributed by atoms with Crippen LogP contribution in [-0.4, -0.2) is 121 Å². The molecule has 6 aromatic rings. The molecule has 9 amide bonds. The second-order valence-electron chi connectivity index (χ2n) is 24.3. The Morgan fingerprint density at radius 1 is 0.656 bits per heavy atom. The van der Waals surface area contributed by atoms with Crippen LogP contribution in [0.25, 0.3) is 0 Å². The first-order valence-corrected chi connectivity index (χ1v) is 29.1. The second kappa shape index (κ2) is 22.8. The molecule has 90 heavy (non-hydrogen) atoms. The van der Waals surface area contributed by atoms with Crippen molar-refractivity contribution in [3.63, 3.8) is 0 Å². The molecule has 23 nitrogen and oxygen atoms in total. The Balaban J connectivity index is 0.659. The third-order valence-corrected chi connectivity index (χ3v) is 17.4. The molecule has 4 N–H and O–H groups in total. The van der Waals surface area contributed by atoms with Crippen molar-refractivity contribution in [3.8, 4) is 35.8 Å². The molecule has 6 aliphatic heterocycles. The molecule has 2 unspecified atom stereocenters. The number of aromatic nitrogens is 4. The van der Waals surface area contributed by atoms with Gasteiger partial charge in [0, 0.05) is 87.0 Å². The summed E-state index contributed by atoms with van der Waals surface area (Å²) in [5.41, 5.74) is 3.92. The lowest BCUT2D eigenvalue weighted by atomic mass is 9.94. The standard InChI is InChI=1S/C66H57FN14O9/c1-36-18-52(73-64(90)66(4,5)80-34-38(28-71-80)7-9-40-31-77(32-40)55-24-50-49(23-51(55)67)61(87)81(62(50)88)54-15-17-57(83)75-59(54)85)43(20-44(36)26-69)19-42-21-46(11-10-41(42)25-68)72-63(89)65(2,3)79-33-37(27-70-79)6-8-39-29-76(30-39)47-12-13-48-45(22-47)35-78(60(48)86)53-14-16-56(82)74-58(53)84/h10-13,18,20-24,27-28,33-34,39-40,53-54H,14-17,19,29-32,35H2,1-5H3,(H,72,89)(H,73,90)(H,74,82,84)(H,75,83,85). The van der Waals surface area contributed by atoms with Gasteiger partial charge in [0.25, 0.3) is 29.5 Å². The molecule has 2 aromatic heterocycles. The highest BCUT2D eigenvalue weighted by molar-refractivity contribution is 6.24. The van der Waals surface area contributed by atoms with Gasteiger partial charge in [0.2, 0.25) is 23.6 Å². The van der Waals surface area contributed by atoms with E-state index in [0.717, 1.165) is 22.2 Å². The summed E-state index contributed by atoms with van der Waals surface area (Å²) in [6.07, 6.45) is 6.93. The van der Waals surface area contributed by atoms with Crippen LogP contribution < -0.4 is 31.1 Å². The zero-order valence-electron chi connectivity index (χ0n) is 49.5. The van der Waals surface area contributed by atoms with Crippen LogP contribution in [0.15, 0.2) is 85.5 Å². The van der Waals surface area contributed by atoms with Crippen LogP contribution in [0.3, 0.4) is 0 Å². The zero-order chi connectivity index (χ0) is 63.7. The van der Waals surface area contributed by atoms with Crippen molar-refractivity contribution in [2.45, 2.75) is 96.4 Å². The van der Waals surface area contributed by atoms with Crippen LogP contribution >= 0.6 is 0 Å². The maximum Gasteiger partial charge on any atom is 0.262 e. The third kappa shape index (κ3) is 10.9. The number of rotatable bonds is 12. The molecule has 0 bridgehead atoms. The molecular weight excluding hydrogens is 1150 g/mol. The van der Waals surface area contributed by atoms with Gasteiger partial charge in [0.1, 0.15) is 29.0 Å². The number of hydrogen-bond donors (Lipinski definition) is 4. The van der Waals surface area contributed by atoms with Crippen molar-refractivity contribution in [2.75, 3.05) is 46.6 Å². The highest BCUT2D eigenvalue weighted by Gasteiger charge is 2.46. The second-order valence-corrected chi connectivity index (χ2v) is 24.3. The number of carbonyl (C=O) groups is 9. The van der Waals surface area contributed by atoms with E-state index in [-0.39, 0.29) is 72.7 Å². The molecule has 8 heterocycles. The van der Waals surface area contributed by atoms with Crippen LogP contribution in [0.1, 0.15) is 129 Å². The van der Waals surface area contributed by atoms with Crippen LogP contribution in [0.2, 0.25) is 0 Å². The van der Waals surface area contributed by atoms with Gasteiger partial charge in [-0.25, -0.2) is 4.39 Å². The van der Waals surface area contributed by atoms with Crippen LogP contribution in [0, 0.1) is 70.9 Å². The van der Waals surface area contributed by atoms with E-state index in [9.17, 15) is 53.7 Å². The predicted molar refractivity (Wildman–Crippen MR) is 321 cm³/mol. The molecule has 0 saturated carbocycles. The van der Waals surface area contributed by atoms with E-state index in [0.29, 0.717) is 88.5 Å². The molecule has 4 aromatic carbocycles. The van der Waals surface area contributed by atoms with Crippen molar-refractivity contribution in [1.82, 2.24) is 40.0 Å². The number of fused-ring (bicyclic) bond motifs is 2. The number of nitrogens with one attached hydrogen (secondary N) is 4. The first kappa shape index (κ1) is 59.1. The number of aryl methyl sites for hydroxylation is 1. The summed E-state index contributed by atoms with van der Waals surface area (Å²) in [7, 11) is 0. The monoisotopic (exact) mass is 1210 g/mol. The topological polar surface area (TPSA) is 298 Å². The molecule has 0 spiro atoms. The summed E-state index contributed by atoms with van der Waals surface area (Å²) in [5, 5.41) is 39.8. The smallest absolute Gasteiger partial charge is 0.262 e. The van der Waals surface area contributed by atoms with E-state index in [1.54, 1.807) is 94.5 Å². The zero-order valence-corrected chi connectivity index (χ0v) is 49.5. The normalized spacial score (nSPS) is 18.2. The van der Waals surface area contributed by atoms with Crippen molar-refractivity contribution in [1.29, 1.82) is 10.5 Å². The number of nitrogens with zero attached hydrogens (tertiary/aromatic N) is 10. The van der Waals surface area contributed by atoms with Crippen LogP contribution in [-0.2, 0) is 52.8 Å². The molecule has 6 aliphatic rings. The molecular formula is C66H57FN14O9. The number of anilines is 4. The van der Waals surface area contributed by atoms with Gasteiger partial charge in [0.15, 0.2) is 0 Å². The molecule has 4 fully saturated rings. The summed E-state index contributed by atoms with van der Waals surface area (Å²) in [4.78, 5) is 123. The Kier molecular flexibility index (Phi) is 15.0. The van der Waals surface area contributed by atoms with Crippen LogP contribution in [0.5, 0.6) is 0 Å². The summed E-state index contributed by atoms with van der Waals surface area (Å²) < 4.78 is 18.5. The Labute approximate surface area is 515 Å². The molecule has 452 valence electrons. The first-order chi connectivity index (χ1) is 43.0. The van der Waals surface area contributed by atoms with E-state index in [1.807, 2.05) is 12.1 Å². The molecule has 0 aliphatic carbocycles. The minimum Gasteiger partial charge on any atom is -0.369 e. The van der Waals surface area contributed by atoms with Gasteiger partial charge < -0.3 is 25.3 Å². The summed E-state index contributed by atoms with van der Waals surface area (Å²) in [6, 6.07) is 18.7.